The van der Waals surface area contributed by atoms with Crippen molar-refractivity contribution in [3.05, 3.63) is 103 Å². The van der Waals surface area contributed by atoms with Crippen molar-refractivity contribution < 1.29 is 23.5 Å². The van der Waals surface area contributed by atoms with Crippen molar-refractivity contribution in [2.24, 2.45) is 0 Å². The Hall–Kier alpha value is -5.20. The predicted molar refractivity (Wildman–Crippen MR) is 184 cm³/mol. The highest BCUT2D eigenvalue weighted by atomic mass is 19.1. The number of aromatic nitrogens is 2. The summed E-state index contributed by atoms with van der Waals surface area (Å²) in [5.74, 6) is 1.83. The Morgan fingerprint density at radius 1 is 1.06 bits per heavy atom. The van der Waals surface area contributed by atoms with Crippen molar-refractivity contribution in [2.75, 3.05) is 67.0 Å². The fraction of sp³-hybridized carbons (Fsp3) is 0.306. The van der Waals surface area contributed by atoms with Crippen LogP contribution in [-0.2, 0) is 16.2 Å². The summed E-state index contributed by atoms with van der Waals surface area (Å²) < 4.78 is 25.2. The fourth-order valence-corrected chi connectivity index (χ4v) is 5.94. The van der Waals surface area contributed by atoms with E-state index in [9.17, 15) is 9.18 Å². The minimum atomic E-state index is -0.299. The number of hydroxylamine groups is 1. The summed E-state index contributed by atoms with van der Waals surface area (Å²) in [5, 5.41) is 8.12. The summed E-state index contributed by atoms with van der Waals surface area (Å²) in [7, 11) is 1.62. The van der Waals surface area contributed by atoms with Gasteiger partial charge in [0.1, 0.15) is 36.1 Å². The molecular formula is C36H40FN7O4. The van der Waals surface area contributed by atoms with Gasteiger partial charge in [-0.25, -0.2) is 19.4 Å². The number of hydrogen-bond acceptors (Lipinski definition) is 10. The highest BCUT2D eigenvalue weighted by Gasteiger charge is 2.29. The Bertz CT molecular complexity index is 1730. The molecule has 6 rings (SSSR count). The number of carbonyl (C=O) groups is 1. The van der Waals surface area contributed by atoms with Gasteiger partial charge in [0.15, 0.2) is 5.82 Å². The van der Waals surface area contributed by atoms with E-state index in [0.29, 0.717) is 41.1 Å². The van der Waals surface area contributed by atoms with E-state index >= 15 is 0 Å². The lowest BCUT2D eigenvalue weighted by Gasteiger charge is -2.36. The number of carbonyl (C=O) groups excluding carboxylic acids is 1. The number of nitrogens with zero attached hydrogens (tertiary/aromatic N) is 5. The lowest BCUT2D eigenvalue weighted by Crippen LogP contribution is -2.46. The third kappa shape index (κ3) is 7.67. The van der Waals surface area contributed by atoms with Gasteiger partial charge in [0.25, 0.3) is 0 Å². The number of nitrogens with one attached hydrogen (secondary N) is 2. The molecule has 3 heterocycles. The van der Waals surface area contributed by atoms with E-state index in [0.717, 1.165) is 56.0 Å². The molecular weight excluding hydrogens is 613 g/mol. The molecule has 48 heavy (non-hydrogen) atoms. The molecule has 1 amide bonds. The second kappa shape index (κ2) is 15.1. The smallest absolute Gasteiger partial charge is 0.247 e. The van der Waals surface area contributed by atoms with E-state index in [-0.39, 0.29) is 24.4 Å². The third-order valence-corrected chi connectivity index (χ3v) is 8.53. The Labute approximate surface area is 279 Å². The van der Waals surface area contributed by atoms with Gasteiger partial charge in [0.2, 0.25) is 5.91 Å². The van der Waals surface area contributed by atoms with Crippen LogP contribution in [0.2, 0.25) is 0 Å². The number of rotatable bonds is 12. The van der Waals surface area contributed by atoms with Crippen molar-refractivity contribution in [1.82, 2.24) is 14.9 Å². The van der Waals surface area contributed by atoms with Crippen LogP contribution in [0.5, 0.6) is 11.5 Å². The molecule has 2 N–H and O–H groups in total. The normalized spacial score (nSPS) is 16.4. The molecule has 2 aliphatic heterocycles. The minimum Gasteiger partial charge on any atom is -0.494 e. The molecule has 11 nitrogen and oxygen atoms in total. The zero-order valence-electron chi connectivity index (χ0n) is 27.2. The maximum atomic E-state index is 13.5. The average molecular weight is 654 g/mol. The first-order valence-corrected chi connectivity index (χ1v) is 16.0. The summed E-state index contributed by atoms with van der Waals surface area (Å²) in [6, 6.07) is 19.7. The van der Waals surface area contributed by atoms with Gasteiger partial charge in [-0.1, -0.05) is 37.8 Å². The number of hydrogen-bond donors (Lipinski definition) is 2. The number of piperazine rings is 1. The van der Waals surface area contributed by atoms with Gasteiger partial charge < -0.3 is 29.9 Å². The molecule has 0 spiro atoms. The molecule has 4 aromatic rings. The zero-order chi connectivity index (χ0) is 33.5. The highest BCUT2D eigenvalue weighted by molar-refractivity contribution is 6.02. The van der Waals surface area contributed by atoms with Crippen LogP contribution >= 0.6 is 0 Å². The van der Waals surface area contributed by atoms with Gasteiger partial charge in [0, 0.05) is 44.7 Å². The van der Waals surface area contributed by atoms with Crippen molar-refractivity contribution in [3.63, 3.8) is 0 Å². The van der Waals surface area contributed by atoms with Crippen molar-refractivity contribution >= 4 is 34.6 Å². The van der Waals surface area contributed by atoms with Crippen LogP contribution in [0.25, 0.3) is 0 Å². The molecule has 0 saturated carbocycles. The summed E-state index contributed by atoms with van der Waals surface area (Å²) in [6.07, 6.45) is 3.51. The van der Waals surface area contributed by atoms with E-state index < -0.39 is 0 Å². The summed E-state index contributed by atoms with van der Waals surface area (Å²) in [6.45, 7) is 11.1. The first-order valence-electron chi connectivity index (χ1n) is 16.0. The van der Waals surface area contributed by atoms with Crippen molar-refractivity contribution in [3.8, 4) is 11.5 Å². The molecule has 2 fully saturated rings. The zero-order valence-corrected chi connectivity index (χ0v) is 27.2. The molecule has 1 aromatic heterocycles. The van der Waals surface area contributed by atoms with Crippen LogP contribution < -0.4 is 30.1 Å². The van der Waals surface area contributed by atoms with Gasteiger partial charge in [-0.15, -0.1) is 0 Å². The van der Waals surface area contributed by atoms with Gasteiger partial charge in [-0.05, 0) is 54.1 Å². The molecule has 0 aliphatic carbocycles. The van der Waals surface area contributed by atoms with Gasteiger partial charge >= 0.3 is 0 Å². The molecule has 0 bridgehead atoms. The highest BCUT2D eigenvalue weighted by Crippen LogP contribution is 2.40. The van der Waals surface area contributed by atoms with Gasteiger partial charge in [-0.3, -0.25) is 9.63 Å². The first-order chi connectivity index (χ1) is 23.4. The molecule has 2 aliphatic rings. The standard InChI is InChI=1S/C36H40FN7O4/c1-4-36(45)41-29-20-30(33(46-3)21-32(29)43-16-14-42(5-2)15-17-43)40-34-22-35(39-24-38-34)44-31(13-18-48-44)26-9-11-28(12-10-26)47-23-25-7-6-8-27(37)19-25/h4,6-12,19-22,24,31H,1,5,13-18,23H2,2-3H3,(H,41,45)(H,38,39,40). The summed E-state index contributed by atoms with van der Waals surface area (Å²) in [5.41, 5.74) is 3.96. The van der Waals surface area contributed by atoms with Crippen molar-refractivity contribution in [1.29, 1.82) is 0 Å². The molecule has 3 aromatic carbocycles. The van der Waals surface area contributed by atoms with E-state index in [4.69, 9.17) is 14.3 Å². The van der Waals surface area contributed by atoms with E-state index in [1.165, 1.54) is 24.5 Å². The number of methoxy groups -OCH3 is 1. The van der Waals surface area contributed by atoms with Crippen LogP contribution in [0.15, 0.2) is 85.7 Å². The topological polar surface area (TPSA) is 104 Å². The summed E-state index contributed by atoms with van der Waals surface area (Å²) in [4.78, 5) is 32.1. The summed E-state index contributed by atoms with van der Waals surface area (Å²) >= 11 is 0. The van der Waals surface area contributed by atoms with Crippen LogP contribution in [0.1, 0.15) is 30.5 Å². The van der Waals surface area contributed by atoms with Crippen molar-refractivity contribution in [2.45, 2.75) is 26.0 Å². The number of ether oxygens (including phenoxy) is 2. The van der Waals surface area contributed by atoms with Crippen LogP contribution in [0, 0.1) is 5.82 Å². The Kier molecular flexibility index (Phi) is 10.3. The largest absolute Gasteiger partial charge is 0.494 e. The maximum absolute atomic E-state index is 13.5. The van der Waals surface area contributed by atoms with E-state index in [1.54, 1.807) is 18.2 Å². The molecule has 12 heteroatoms. The van der Waals surface area contributed by atoms with Crippen LogP contribution in [-0.4, -0.2) is 67.2 Å². The fourth-order valence-electron chi connectivity index (χ4n) is 5.94. The second-order valence-electron chi connectivity index (χ2n) is 11.5. The molecule has 0 radical (unpaired) electrons. The number of likely N-dealkylation sites (N-methyl/N-ethyl adjacent to an activating group) is 1. The SMILES string of the molecule is C=CC(=O)Nc1cc(Nc2cc(N3OCCC3c3ccc(OCc4cccc(F)c4)cc3)ncn2)c(OC)cc1N1CCN(CC)CC1. The van der Waals surface area contributed by atoms with E-state index in [2.05, 4.69) is 43.9 Å². The predicted octanol–water partition coefficient (Wildman–Crippen LogP) is 6.10. The van der Waals surface area contributed by atoms with Gasteiger partial charge in [0.05, 0.1) is 36.8 Å². The number of amides is 1. The Morgan fingerprint density at radius 2 is 1.88 bits per heavy atom. The quantitative estimate of drug-likeness (QED) is 0.175. The lowest BCUT2D eigenvalue weighted by atomic mass is 10.0. The lowest BCUT2D eigenvalue weighted by molar-refractivity contribution is -0.111. The third-order valence-electron chi connectivity index (χ3n) is 8.53. The first kappa shape index (κ1) is 32.7. The molecule has 1 unspecified atom stereocenters. The molecule has 1 atom stereocenters. The second-order valence-corrected chi connectivity index (χ2v) is 11.5. The monoisotopic (exact) mass is 653 g/mol. The minimum absolute atomic E-state index is 0.0762. The number of anilines is 5. The number of benzene rings is 3. The molecule has 250 valence electrons. The molecule has 2 saturated heterocycles. The Balaban J connectivity index is 1.19. The Morgan fingerprint density at radius 3 is 2.60 bits per heavy atom. The van der Waals surface area contributed by atoms with Gasteiger partial charge in [-0.2, -0.15) is 0 Å². The van der Waals surface area contributed by atoms with E-state index in [1.807, 2.05) is 48.5 Å². The van der Waals surface area contributed by atoms with Crippen LogP contribution in [0.4, 0.5) is 33.1 Å². The maximum Gasteiger partial charge on any atom is 0.247 e. The van der Waals surface area contributed by atoms with Crippen LogP contribution in [0.3, 0.4) is 0 Å². The average Bonchev–Trinajstić information content (AvgIpc) is 3.62. The number of halogens is 1.